The molecule has 1 aromatic rings. The summed E-state index contributed by atoms with van der Waals surface area (Å²) in [5, 5.41) is 0. The van der Waals surface area contributed by atoms with Gasteiger partial charge in [0, 0.05) is 18.6 Å². The zero-order valence-corrected chi connectivity index (χ0v) is 10.8. The van der Waals surface area contributed by atoms with Crippen molar-refractivity contribution in [3.05, 3.63) is 24.3 Å². The number of benzene rings is 1. The van der Waals surface area contributed by atoms with E-state index in [1.54, 1.807) is 18.2 Å². The van der Waals surface area contributed by atoms with E-state index in [9.17, 15) is 8.42 Å². The summed E-state index contributed by atoms with van der Waals surface area (Å²) in [6, 6.07) is 6.96. The second-order valence-corrected chi connectivity index (χ2v) is 6.54. The maximum Gasteiger partial charge on any atom is 0.242 e. The van der Waals surface area contributed by atoms with Gasteiger partial charge in [-0.2, -0.15) is 0 Å². The molecule has 6 heteroatoms. The maximum absolute atomic E-state index is 11.9. The Morgan fingerprint density at radius 2 is 1.94 bits per heavy atom. The van der Waals surface area contributed by atoms with Crippen molar-refractivity contribution in [1.29, 1.82) is 0 Å². The van der Waals surface area contributed by atoms with Gasteiger partial charge in [-0.3, -0.25) is 0 Å². The van der Waals surface area contributed by atoms with E-state index >= 15 is 0 Å². The maximum atomic E-state index is 11.9. The fourth-order valence-corrected chi connectivity index (χ4v) is 3.00. The van der Waals surface area contributed by atoms with E-state index in [4.69, 9.17) is 5.73 Å². The van der Waals surface area contributed by atoms with Gasteiger partial charge in [0.2, 0.25) is 10.0 Å². The van der Waals surface area contributed by atoms with E-state index in [-0.39, 0.29) is 5.54 Å². The van der Waals surface area contributed by atoms with E-state index in [2.05, 4.69) is 4.72 Å². The van der Waals surface area contributed by atoms with Gasteiger partial charge in [0.05, 0.1) is 5.69 Å². The van der Waals surface area contributed by atoms with Gasteiger partial charge in [0.25, 0.3) is 0 Å². The lowest BCUT2D eigenvalue weighted by Crippen LogP contribution is -2.65. The smallest absolute Gasteiger partial charge is 0.242 e. The molecule has 0 unspecified atom stereocenters. The molecular weight excluding hydrogens is 238 g/mol. The third-order valence-corrected chi connectivity index (χ3v) is 4.33. The molecule has 5 nitrogen and oxygen atoms in total. The van der Waals surface area contributed by atoms with Crippen LogP contribution in [-0.4, -0.2) is 34.1 Å². The van der Waals surface area contributed by atoms with Gasteiger partial charge in [-0.25, -0.2) is 13.1 Å². The highest BCUT2D eigenvalue weighted by Gasteiger charge is 2.36. The number of para-hydroxylation sites is 1. The fourth-order valence-electron chi connectivity index (χ4n) is 2.05. The molecule has 2 rings (SSSR count). The van der Waals surface area contributed by atoms with Gasteiger partial charge < -0.3 is 10.6 Å². The van der Waals surface area contributed by atoms with Crippen LogP contribution < -0.4 is 15.4 Å². The Kier molecular flexibility index (Phi) is 2.89. The van der Waals surface area contributed by atoms with Crippen molar-refractivity contribution >= 4 is 15.7 Å². The summed E-state index contributed by atoms with van der Waals surface area (Å²) in [7, 11) is -2.01. The van der Waals surface area contributed by atoms with Crippen molar-refractivity contribution in [1.82, 2.24) is 4.72 Å². The Hall–Kier alpha value is -1.11. The lowest BCUT2D eigenvalue weighted by Gasteiger charge is -2.47. The van der Waals surface area contributed by atoms with Crippen LogP contribution in [0.4, 0.5) is 5.69 Å². The SMILES string of the molecule is CNS(=O)(=O)c1ccccc1N1CC(C)(N)C1. The number of nitrogens with two attached hydrogens (primary N) is 1. The van der Waals surface area contributed by atoms with Crippen molar-refractivity contribution in [2.45, 2.75) is 17.4 Å². The summed E-state index contributed by atoms with van der Waals surface area (Å²) in [5.41, 5.74) is 6.42. The van der Waals surface area contributed by atoms with Crippen molar-refractivity contribution in [2.24, 2.45) is 5.73 Å². The van der Waals surface area contributed by atoms with E-state index in [0.717, 1.165) is 0 Å². The van der Waals surface area contributed by atoms with Crippen molar-refractivity contribution in [2.75, 3.05) is 25.0 Å². The Bertz CT molecular complexity index is 517. The monoisotopic (exact) mass is 255 g/mol. The molecule has 3 N–H and O–H groups in total. The number of hydrogen-bond donors (Lipinski definition) is 2. The third-order valence-electron chi connectivity index (χ3n) is 2.87. The van der Waals surface area contributed by atoms with Crippen molar-refractivity contribution in [3.8, 4) is 0 Å². The zero-order valence-electron chi connectivity index (χ0n) is 9.97. The van der Waals surface area contributed by atoms with Crippen molar-refractivity contribution in [3.63, 3.8) is 0 Å². The molecule has 0 bridgehead atoms. The average molecular weight is 255 g/mol. The quantitative estimate of drug-likeness (QED) is 0.805. The van der Waals surface area contributed by atoms with Crippen LogP contribution in [0.5, 0.6) is 0 Å². The number of sulfonamides is 1. The summed E-state index contributed by atoms with van der Waals surface area (Å²) in [4.78, 5) is 2.28. The summed E-state index contributed by atoms with van der Waals surface area (Å²) >= 11 is 0. The van der Waals surface area contributed by atoms with Crippen LogP contribution >= 0.6 is 0 Å². The molecule has 1 aromatic carbocycles. The molecule has 0 aromatic heterocycles. The molecule has 0 spiro atoms. The minimum atomic E-state index is -3.42. The van der Waals surface area contributed by atoms with Gasteiger partial charge in [0.1, 0.15) is 4.90 Å². The summed E-state index contributed by atoms with van der Waals surface area (Å²) in [6.45, 7) is 3.30. The van der Waals surface area contributed by atoms with Gasteiger partial charge in [0.15, 0.2) is 0 Å². The largest absolute Gasteiger partial charge is 0.367 e. The summed E-state index contributed by atoms with van der Waals surface area (Å²) in [6.07, 6.45) is 0. The first-order valence-electron chi connectivity index (χ1n) is 5.42. The van der Waals surface area contributed by atoms with E-state index in [1.165, 1.54) is 7.05 Å². The molecule has 0 amide bonds. The predicted molar refractivity (Wildman–Crippen MR) is 67.5 cm³/mol. The lowest BCUT2D eigenvalue weighted by molar-refractivity contribution is 0.363. The molecule has 0 radical (unpaired) electrons. The standard InChI is InChI=1S/C11H17N3O2S/c1-11(12)7-14(8-11)9-5-3-4-6-10(9)17(15,16)13-2/h3-6,13H,7-8,12H2,1-2H3. The molecule has 17 heavy (non-hydrogen) atoms. The minimum absolute atomic E-state index is 0.226. The molecular formula is C11H17N3O2S. The first kappa shape index (κ1) is 12.3. The van der Waals surface area contributed by atoms with Crippen LogP contribution in [0.1, 0.15) is 6.92 Å². The van der Waals surface area contributed by atoms with Crippen LogP contribution in [-0.2, 0) is 10.0 Å². The highest BCUT2D eigenvalue weighted by molar-refractivity contribution is 7.89. The Morgan fingerprint density at radius 3 is 2.47 bits per heavy atom. The van der Waals surface area contributed by atoms with E-state index in [0.29, 0.717) is 23.7 Å². The van der Waals surface area contributed by atoms with Crippen LogP contribution in [0.25, 0.3) is 0 Å². The van der Waals surface area contributed by atoms with Crippen LogP contribution in [0.3, 0.4) is 0 Å². The average Bonchev–Trinajstić information content (AvgIpc) is 2.26. The second kappa shape index (κ2) is 3.97. The lowest BCUT2D eigenvalue weighted by atomic mass is 9.93. The van der Waals surface area contributed by atoms with Crippen LogP contribution in [0, 0.1) is 0 Å². The van der Waals surface area contributed by atoms with Crippen molar-refractivity contribution < 1.29 is 8.42 Å². The molecule has 0 aliphatic carbocycles. The summed E-state index contributed by atoms with van der Waals surface area (Å²) in [5.74, 6) is 0. The number of nitrogens with zero attached hydrogens (tertiary/aromatic N) is 1. The fraction of sp³-hybridized carbons (Fsp3) is 0.455. The molecule has 1 saturated heterocycles. The zero-order chi connectivity index (χ0) is 12.7. The normalized spacial score (nSPS) is 18.9. The molecule has 94 valence electrons. The number of hydrogen-bond acceptors (Lipinski definition) is 4. The Morgan fingerprint density at radius 1 is 1.35 bits per heavy atom. The summed E-state index contributed by atoms with van der Waals surface area (Å²) < 4.78 is 26.1. The van der Waals surface area contributed by atoms with Crippen LogP contribution in [0.15, 0.2) is 29.2 Å². The number of rotatable bonds is 3. The second-order valence-electron chi connectivity index (χ2n) is 4.69. The van der Waals surface area contributed by atoms with Gasteiger partial charge in [-0.1, -0.05) is 12.1 Å². The van der Waals surface area contributed by atoms with E-state index < -0.39 is 10.0 Å². The van der Waals surface area contributed by atoms with Gasteiger partial charge in [-0.15, -0.1) is 0 Å². The van der Waals surface area contributed by atoms with Crippen LogP contribution in [0.2, 0.25) is 0 Å². The first-order chi connectivity index (χ1) is 7.86. The molecule has 1 heterocycles. The number of nitrogens with one attached hydrogen (secondary N) is 1. The Balaban J connectivity index is 2.37. The first-order valence-corrected chi connectivity index (χ1v) is 6.90. The predicted octanol–water partition coefficient (Wildman–Crippen LogP) is 0.132. The molecule has 0 atom stereocenters. The third kappa shape index (κ3) is 2.29. The van der Waals surface area contributed by atoms with Gasteiger partial charge >= 0.3 is 0 Å². The number of anilines is 1. The molecule has 1 aliphatic rings. The highest BCUT2D eigenvalue weighted by Crippen LogP contribution is 2.31. The van der Waals surface area contributed by atoms with E-state index in [1.807, 2.05) is 17.9 Å². The molecule has 0 saturated carbocycles. The highest BCUT2D eigenvalue weighted by atomic mass is 32.2. The topological polar surface area (TPSA) is 75.4 Å². The molecule has 1 aliphatic heterocycles. The van der Waals surface area contributed by atoms with Gasteiger partial charge in [-0.05, 0) is 26.1 Å². The molecule has 1 fully saturated rings. The minimum Gasteiger partial charge on any atom is -0.367 e. The Labute approximate surface area is 102 Å².